The fourth-order valence-corrected chi connectivity index (χ4v) is 4.93. The summed E-state index contributed by atoms with van der Waals surface area (Å²) < 4.78 is 28.6. The van der Waals surface area contributed by atoms with E-state index in [1.807, 2.05) is 5.32 Å². The van der Waals surface area contributed by atoms with Crippen molar-refractivity contribution in [3.05, 3.63) is 24.3 Å². The first-order valence-electron chi connectivity index (χ1n) is 8.88. The van der Waals surface area contributed by atoms with E-state index in [4.69, 9.17) is 5.73 Å². The summed E-state index contributed by atoms with van der Waals surface area (Å²) in [7, 11) is -1.90. The molecule has 158 valence electrons. The Balaban J connectivity index is 2.31. The highest BCUT2D eigenvalue weighted by Gasteiger charge is 2.24. The molecular formula is C17H24N6O4S2. The van der Waals surface area contributed by atoms with Crippen LogP contribution in [0.2, 0.25) is 0 Å². The molecule has 0 unspecified atom stereocenters. The second-order valence-electron chi connectivity index (χ2n) is 6.10. The van der Waals surface area contributed by atoms with Gasteiger partial charge in [0.2, 0.25) is 15.9 Å². The van der Waals surface area contributed by atoms with E-state index in [0.29, 0.717) is 29.6 Å². The summed E-state index contributed by atoms with van der Waals surface area (Å²) in [5, 5.41) is 10.0. The van der Waals surface area contributed by atoms with Gasteiger partial charge in [-0.15, -0.1) is 10.2 Å². The number of carbonyl (C=O) groups is 2. The minimum Gasteiger partial charge on any atom is -0.351 e. The number of primary amides is 1. The first-order chi connectivity index (χ1) is 13.6. The molecule has 1 atom stereocenters. The third-order valence-corrected chi connectivity index (χ3v) is 7.35. The second-order valence-corrected chi connectivity index (χ2v) is 9.34. The number of hydrogen-bond acceptors (Lipinski definition) is 7. The number of aromatic nitrogens is 3. The number of rotatable bonds is 8. The Bertz CT molecular complexity index is 1000. The molecule has 0 bridgehead atoms. The Hall–Kier alpha value is -2.44. The molecule has 2 rings (SSSR count). The van der Waals surface area contributed by atoms with Crippen molar-refractivity contribution in [1.82, 2.24) is 24.4 Å². The van der Waals surface area contributed by atoms with E-state index in [-0.39, 0.29) is 4.90 Å². The zero-order chi connectivity index (χ0) is 21.8. The number of benzene rings is 1. The maximum Gasteiger partial charge on any atom is 0.318 e. The van der Waals surface area contributed by atoms with Crippen LogP contribution in [-0.2, 0) is 21.9 Å². The van der Waals surface area contributed by atoms with Crippen LogP contribution in [0.4, 0.5) is 4.79 Å². The smallest absolute Gasteiger partial charge is 0.318 e. The molecule has 1 heterocycles. The molecular weight excluding hydrogens is 416 g/mol. The molecule has 12 heteroatoms. The van der Waals surface area contributed by atoms with Crippen LogP contribution in [0.25, 0.3) is 11.4 Å². The van der Waals surface area contributed by atoms with Gasteiger partial charge in [0.05, 0.1) is 10.1 Å². The molecule has 0 aliphatic carbocycles. The number of amides is 3. The Morgan fingerprint density at radius 3 is 2.52 bits per heavy atom. The van der Waals surface area contributed by atoms with Crippen molar-refractivity contribution in [3.8, 4) is 11.4 Å². The molecule has 3 amide bonds. The Labute approximate surface area is 173 Å². The number of carbonyl (C=O) groups excluding carboxylic acids is 2. The van der Waals surface area contributed by atoms with Gasteiger partial charge in [-0.2, -0.15) is 4.31 Å². The topological polar surface area (TPSA) is 140 Å². The highest BCUT2D eigenvalue weighted by molar-refractivity contribution is 8.00. The summed E-state index contributed by atoms with van der Waals surface area (Å²) in [4.78, 5) is 22.9. The summed E-state index contributed by atoms with van der Waals surface area (Å²) in [5.74, 6) is -0.0917. The third kappa shape index (κ3) is 5.14. The SMILES string of the molecule is CCN(CC)S(=O)(=O)c1cccc(-c2nnc(S[C@@H](C)C(=O)NC(N)=O)n2C)c1. The van der Waals surface area contributed by atoms with Crippen molar-refractivity contribution < 1.29 is 18.0 Å². The van der Waals surface area contributed by atoms with Gasteiger partial charge >= 0.3 is 6.03 Å². The maximum atomic E-state index is 12.8. The van der Waals surface area contributed by atoms with Crippen molar-refractivity contribution in [2.24, 2.45) is 12.8 Å². The summed E-state index contributed by atoms with van der Waals surface area (Å²) >= 11 is 1.10. The fourth-order valence-electron chi connectivity index (χ4n) is 2.61. The summed E-state index contributed by atoms with van der Waals surface area (Å²) in [5.41, 5.74) is 5.54. The van der Waals surface area contributed by atoms with Gasteiger partial charge in [-0.3, -0.25) is 10.1 Å². The van der Waals surface area contributed by atoms with Crippen LogP contribution in [0.1, 0.15) is 20.8 Å². The Morgan fingerprint density at radius 2 is 1.93 bits per heavy atom. The van der Waals surface area contributed by atoms with Crippen LogP contribution in [0.3, 0.4) is 0 Å². The quantitative estimate of drug-likeness (QED) is 0.587. The third-order valence-electron chi connectivity index (χ3n) is 4.17. The molecule has 0 saturated heterocycles. The van der Waals surface area contributed by atoms with Crippen LogP contribution >= 0.6 is 11.8 Å². The van der Waals surface area contributed by atoms with Crippen LogP contribution < -0.4 is 11.1 Å². The summed E-state index contributed by atoms with van der Waals surface area (Å²) in [6.07, 6.45) is 0. The van der Waals surface area contributed by atoms with Crippen molar-refractivity contribution in [1.29, 1.82) is 0 Å². The van der Waals surface area contributed by atoms with E-state index in [9.17, 15) is 18.0 Å². The average Bonchev–Trinajstić information content (AvgIpc) is 3.02. The highest BCUT2D eigenvalue weighted by Crippen LogP contribution is 2.27. The first kappa shape index (κ1) is 22.8. The second kappa shape index (κ2) is 9.37. The summed E-state index contributed by atoms with van der Waals surface area (Å²) in [6, 6.07) is 5.56. The van der Waals surface area contributed by atoms with Gasteiger partial charge in [0.25, 0.3) is 0 Å². The molecule has 3 N–H and O–H groups in total. The molecule has 2 aromatic rings. The molecule has 29 heavy (non-hydrogen) atoms. The molecule has 0 spiro atoms. The Morgan fingerprint density at radius 1 is 1.28 bits per heavy atom. The number of urea groups is 1. The zero-order valence-corrected chi connectivity index (χ0v) is 18.2. The number of hydrogen-bond donors (Lipinski definition) is 2. The van der Waals surface area contributed by atoms with E-state index in [2.05, 4.69) is 10.2 Å². The molecule has 0 fully saturated rings. The monoisotopic (exact) mass is 440 g/mol. The van der Waals surface area contributed by atoms with Crippen LogP contribution in [0.5, 0.6) is 0 Å². The molecule has 1 aromatic heterocycles. The largest absolute Gasteiger partial charge is 0.351 e. The highest BCUT2D eigenvalue weighted by atomic mass is 32.2. The number of sulfonamides is 1. The van der Waals surface area contributed by atoms with Gasteiger partial charge in [0.1, 0.15) is 0 Å². The predicted octanol–water partition coefficient (Wildman–Crippen LogP) is 1.19. The number of nitrogens with two attached hydrogens (primary N) is 1. The number of nitrogens with zero attached hydrogens (tertiary/aromatic N) is 4. The van der Waals surface area contributed by atoms with E-state index in [0.717, 1.165) is 11.8 Å². The fraction of sp³-hybridized carbons (Fsp3) is 0.412. The lowest BCUT2D eigenvalue weighted by atomic mass is 10.2. The van der Waals surface area contributed by atoms with Gasteiger partial charge in [0, 0.05) is 25.7 Å². The zero-order valence-electron chi connectivity index (χ0n) is 16.6. The lowest BCUT2D eigenvalue weighted by Crippen LogP contribution is -2.39. The number of imide groups is 1. The molecule has 0 radical (unpaired) electrons. The van der Waals surface area contributed by atoms with E-state index in [1.54, 1.807) is 56.7 Å². The maximum absolute atomic E-state index is 12.8. The van der Waals surface area contributed by atoms with Gasteiger partial charge in [-0.25, -0.2) is 13.2 Å². The lowest BCUT2D eigenvalue weighted by molar-refractivity contribution is -0.119. The van der Waals surface area contributed by atoms with Crippen LogP contribution in [0, 0.1) is 0 Å². The van der Waals surface area contributed by atoms with Crippen LogP contribution in [0.15, 0.2) is 34.3 Å². The van der Waals surface area contributed by atoms with E-state index < -0.39 is 27.2 Å². The van der Waals surface area contributed by atoms with Gasteiger partial charge < -0.3 is 10.3 Å². The molecule has 1 aromatic carbocycles. The van der Waals surface area contributed by atoms with Gasteiger partial charge in [0.15, 0.2) is 11.0 Å². The standard InChI is InChI=1S/C17H24N6O4S2/c1-5-23(6-2)29(26,27)13-9-7-8-12(10-13)14-20-21-17(22(14)4)28-11(3)15(24)19-16(18)25/h7-11H,5-6H2,1-4H3,(H3,18,19,24,25)/t11-/m0/s1. The van der Waals surface area contributed by atoms with Crippen molar-refractivity contribution >= 4 is 33.7 Å². The van der Waals surface area contributed by atoms with Gasteiger partial charge in [-0.05, 0) is 19.1 Å². The van der Waals surface area contributed by atoms with Crippen molar-refractivity contribution in [2.75, 3.05) is 13.1 Å². The first-order valence-corrected chi connectivity index (χ1v) is 11.2. The van der Waals surface area contributed by atoms with Crippen molar-refractivity contribution in [3.63, 3.8) is 0 Å². The number of thioether (sulfide) groups is 1. The van der Waals surface area contributed by atoms with Gasteiger partial charge in [-0.1, -0.05) is 37.7 Å². The van der Waals surface area contributed by atoms with E-state index in [1.165, 1.54) is 4.31 Å². The normalized spacial score (nSPS) is 12.7. The molecule has 0 aliphatic heterocycles. The number of nitrogens with one attached hydrogen (secondary N) is 1. The van der Waals surface area contributed by atoms with Crippen LogP contribution in [-0.4, -0.2) is 57.8 Å². The predicted molar refractivity (Wildman–Crippen MR) is 110 cm³/mol. The minimum atomic E-state index is -3.61. The average molecular weight is 441 g/mol. The molecule has 0 saturated carbocycles. The molecule has 0 aliphatic rings. The van der Waals surface area contributed by atoms with E-state index >= 15 is 0 Å². The van der Waals surface area contributed by atoms with Crippen molar-refractivity contribution in [2.45, 2.75) is 36.1 Å². The lowest BCUT2D eigenvalue weighted by Gasteiger charge is -2.18. The summed E-state index contributed by atoms with van der Waals surface area (Å²) in [6.45, 7) is 5.92. The minimum absolute atomic E-state index is 0.171. The molecule has 10 nitrogen and oxygen atoms in total. The Kier molecular flexibility index (Phi) is 7.38.